The first-order valence-corrected chi connectivity index (χ1v) is 11.9. The topological polar surface area (TPSA) is 179 Å². The number of nitrogens with zero attached hydrogens (tertiary/aromatic N) is 2. The number of aromatic nitrogens is 1. The van der Waals surface area contributed by atoms with E-state index in [2.05, 4.69) is 9.71 Å². The Kier molecular flexibility index (Phi) is 5.84. The summed E-state index contributed by atoms with van der Waals surface area (Å²) in [6, 6.07) is 5.24. The van der Waals surface area contributed by atoms with E-state index < -0.39 is 26.5 Å². The first kappa shape index (κ1) is 22.1. The Labute approximate surface area is 174 Å². The molecule has 0 aliphatic carbocycles. The van der Waals surface area contributed by atoms with Crippen molar-refractivity contribution in [2.45, 2.75) is 31.7 Å². The van der Waals surface area contributed by atoms with Crippen LogP contribution in [-0.2, 0) is 16.8 Å². The van der Waals surface area contributed by atoms with Gasteiger partial charge in [-0.05, 0) is 36.6 Å². The SMILES string of the molecule is CC(C)CCn1ccc(O)c(C2=NS(O)(O)c3cc(NS(N)(=O)=O)ccc3N2)c1=O. The van der Waals surface area contributed by atoms with Crippen LogP contribution in [0, 0.1) is 5.92 Å². The van der Waals surface area contributed by atoms with Crippen LogP contribution in [0.5, 0.6) is 5.75 Å². The third kappa shape index (κ3) is 4.76. The van der Waals surface area contributed by atoms with Gasteiger partial charge in [0.1, 0.15) is 16.2 Å². The van der Waals surface area contributed by atoms with E-state index in [1.807, 2.05) is 18.6 Å². The van der Waals surface area contributed by atoms with Gasteiger partial charge in [0, 0.05) is 12.7 Å². The molecule has 0 spiro atoms. The number of aromatic hydroxyl groups is 1. The van der Waals surface area contributed by atoms with Crippen LogP contribution in [0.4, 0.5) is 11.4 Å². The van der Waals surface area contributed by atoms with Crippen LogP contribution in [0.1, 0.15) is 25.8 Å². The molecule has 0 saturated heterocycles. The average Bonchev–Trinajstić information content (AvgIpc) is 2.60. The van der Waals surface area contributed by atoms with Gasteiger partial charge in [-0.3, -0.25) is 18.6 Å². The molecule has 1 aromatic heterocycles. The number of aryl methyl sites for hydroxylation is 1. The van der Waals surface area contributed by atoms with E-state index in [-0.39, 0.29) is 33.4 Å². The summed E-state index contributed by atoms with van der Waals surface area (Å²) < 4.78 is 50.7. The number of nitrogens with one attached hydrogen (secondary N) is 2. The van der Waals surface area contributed by atoms with Gasteiger partial charge in [0.15, 0.2) is 5.84 Å². The summed E-state index contributed by atoms with van der Waals surface area (Å²) in [5, 5.41) is 18.0. The molecule has 30 heavy (non-hydrogen) atoms. The maximum atomic E-state index is 12.9. The van der Waals surface area contributed by atoms with Gasteiger partial charge < -0.3 is 15.0 Å². The molecule has 0 fully saturated rings. The highest BCUT2D eigenvalue weighted by atomic mass is 32.3. The smallest absolute Gasteiger partial charge is 0.296 e. The fourth-order valence-corrected chi connectivity index (χ4v) is 4.52. The van der Waals surface area contributed by atoms with Gasteiger partial charge in [0.05, 0.1) is 11.4 Å². The molecule has 11 nitrogen and oxygen atoms in total. The number of amidine groups is 1. The number of pyridine rings is 1. The van der Waals surface area contributed by atoms with Crippen molar-refractivity contribution in [3.05, 3.63) is 46.4 Å². The normalized spacial score (nSPS) is 16.4. The van der Waals surface area contributed by atoms with Gasteiger partial charge in [-0.25, -0.2) is 5.14 Å². The second kappa shape index (κ2) is 7.92. The Morgan fingerprint density at radius 3 is 2.63 bits per heavy atom. The summed E-state index contributed by atoms with van der Waals surface area (Å²) in [6.45, 7) is 4.46. The summed E-state index contributed by atoms with van der Waals surface area (Å²) in [4.78, 5) is 12.8. The Hall–Kier alpha value is -2.58. The van der Waals surface area contributed by atoms with Crippen molar-refractivity contribution in [1.29, 1.82) is 0 Å². The zero-order valence-electron chi connectivity index (χ0n) is 16.2. The minimum absolute atomic E-state index is 0.00951. The van der Waals surface area contributed by atoms with Gasteiger partial charge in [-0.15, -0.1) is 4.40 Å². The summed E-state index contributed by atoms with van der Waals surface area (Å²) in [6.07, 6.45) is 2.20. The number of nitrogens with two attached hydrogens (primary N) is 1. The molecule has 0 saturated carbocycles. The molecule has 13 heteroatoms. The number of anilines is 2. The molecular weight excluding hydrogens is 434 g/mol. The molecular formula is C17H23N5O6S2. The summed E-state index contributed by atoms with van der Waals surface area (Å²) in [5.74, 6) is -0.201. The minimum Gasteiger partial charge on any atom is -0.507 e. The molecule has 1 aromatic carbocycles. The predicted molar refractivity (Wildman–Crippen MR) is 116 cm³/mol. The van der Waals surface area contributed by atoms with E-state index in [0.29, 0.717) is 12.5 Å². The molecule has 0 radical (unpaired) electrons. The quantitative estimate of drug-likeness (QED) is 0.384. The molecule has 1 aliphatic rings. The highest BCUT2D eigenvalue weighted by molar-refractivity contribution is 8.23. The van der Waals surface area contributed by atoms with Crippen molar-refractivity contribution < 1.29 is 22.6 Å². The van der Waals surface area contributed by atoms with E-state index in [4.69, 9.17) is 5.14 Å². The van der Waals surface area contributed by atoms with Crippen LogP contribution in [0.25, 0.3) is 0 Å². The maximum absolute atomic E-state index is 12.9. The molecule has 7 N–H and O–H groups in total. The molecule has 0 unspecified atom stereocenters. The zero-order valence-corrected chi connectivity index (χ0v) is 17.9. The van der Waals surface area contributed by atoms with Crippen molar-refractivity contribution in [3.63, 3.8) is 0 Å². The number of fused-ring (bicyclic) bond motifs is 1. The lowest BCUT2D eigenvalue weighted by molar-refractivity contribution is 0.463. The first-order chi connectivity index (χ1) is 13.9. The van der Waals surface area contributed by atoms with Gasteiger partial charge in [-0.2, -0.15) is 8.42 Å². The lowest BCUT2D eigenvalue weighted by Gasteiger charge is -2.34. The fourth-order valence-electron chi connectivity index (χ4n) is 2.88. The van der Waals surface area contributed by atoms with Crippen molar-refractivity contribution in [3.8, 4) is 5.75 Å². The summed E-state index contributed by atoms with van der Waals surface area (Å²) in [5.41, 5.74) is -0.529. The number of rotatable bonds is 6. The van der Waals surface area contributed by atoms with Crippen molar-refractivity contribution >= 4 is 38.2 Å². The van der Waals surface area contributed by atoms with Crippen LogP contribution in [0.15, 0.2) is 44.6 Å². The highest BCUT2D eigenvalue weighted by Crippen LogP contribution is 2.56. The Balaban J connectivity index is 2.03. The Bertz CT molecular complexity index is 1170. The highest BCUT2D eigenvalue weighted by Gasteiger charge is 2.29. The van der Waals surface area contributed by atoms with Gasteiger partial charge in [0.25, 0.3) is 15.8 Å². The van der Waals surface area contributed by atoms with Crippen LogP contribution in [-0.4, -0.2) is 33.0 Å². The molecule has 0 bridgehead atoms. The van der Waals surface area contributed by atoms with Crippen LogP contribution in [0.3, 0.4) is 0 Å². The van der Waals surface area contributed by atoms with Crippen molar-refractivity contribution in [2.24, 2.45) is 15.5 Å². The molecule has 0 amide bonds. The van der Waals surface area contributed by atoms with E-state index in [1.165, 1.54) is 35.0 Å². The van der Waals surface area contributed by atoms with E-state index in [1.54, 1.807) is 0 Å². The zero-order chi connectivity index (χ0) is 22.3. The first-order valence-electron chi connectivity index (χ1n) is 8.90. The van der Waals surface area contributed by atoms with Crippen LogP contribution < -0.4 is 20.7 Å². The summed E-state index contributed by atoms with van der Waals surface area (Å²) >= 11 is 0. The van der Waals surface area contributed by atoms with E-state index >= 15 is 0 Å². The number of hydrogen-bond acceptors (Lipinski definition) is 8. The fraction of sp³-hybridized carbons (Fsp3) is 0.294. The van der Waals surface area contributed by atoms with Crippen molar-refractivity contribution in [2.75, 3.05) is 10.0 Å². The van der Waals surface area contributed by atoms with Gasteiger partial charge >= 0.3 is 0 Å². The minimum atomic E-state index is -4.06. The average molecular weight is 458 g/mol. The van der Waals surface area contributed by atoms with E-state index in [9.17, 15) is 27.4 Å². The Morgan fingerprint density at radius 1 is 1.30 bits per heavy atom. The molecule has 2 aromatic rings. The molecule has 1 aliphatic heterocycles. The largest absolute Gasteiger partial charge is 0.507 e. The third-order valence-electron chi connectivity index (χ3n) is 4.34. The van der Waals surface area contributed by atoms with Gasteiger partial charge in [-0.1, -0.05) is 24.6 Å². The Morgan fingerprint density at radius 2 is 2.00 bits per heavy atom. The number of benzene rings is 1. The van der Waals surface area contributed by atoms with Gasteiger partial charge in [0.2, 0.25) is 0 Å². The number of hydrogen-bond donors (Lipinski definition) is 6. The molecule has 3 rings (SSSR count). The lowest BCUT2D eigenvalue weighted by atomic mass is 10.1. The van der Waals surface area contributed by atoms with Crippen LogP contribution in [0.2, 0.25) is 0 Å². The molecule has 164 valence electrons. The van der Waals surface area contributed by atoms with Crippen LogP contribution >= 0.6 is 10.8 Å². The molecule has 2 heterocycles. The molecule has 0 atom stereocenters. The van der Waals surface area contributed by atoms with Crippen molar-refractivity contribution in [1.82, 2.24) is 4.57 Å². The second-order valence-electron chi connectivity index (χ2n) is 7.20. The lowest BCUT2D eigenvalue weighted by Crippen LogP contribution is -2.32. The monoisotopic (exact) mass is 457 g/mol. The summed E-state index contributed by atoms with van der Waals surface area (Å²) in [7, 11) is -7.86. The van der Waals surface area contributed by atoms with E-state index in [0.717, 1.165) is 6.42 Å². The third-order valence-corrected chi connectivity index (χ3v) is 6.22. The maximum Gasteiger partial charge on any atom is 0.296 e. The standard InChI is InChI=1S/C17H23N5O6S2/c1-10(2)5-7-22-8-6-13(23)15(17(22)24)16-19-12-4-3-11(20-30(18,27)28)9-14(12)29(25,26)21-16/h3-4,6,8-10,20,23,25-26H,5,7H2,1-2H3,(H,19,21)(H2,18,27,28). The predicted octanol–water partition coefficient (Wildman–Crippen LogP) is 2.11. The second-order valence-corrected chi connectivity index (χ2v) is 10.2.